The molecule has 6 amide bonds. The van der Waals surface area contributed by atoms with Crippen LogP contribution in [0.25, 0.3) is 10.8 Å². The zero-order chi connectivity index (χ0) is 20.1. The Bertz CT molecular complexity index is 1110. The van der Waals surface area contributed by atoms with Crippen molar-refractivity contribution >= 4 is 52.1 Å². The summed E-state index contributed by atoms with van der Waals surface area (Å²) in [6.07, 6.45) is 4.90. The Morgan fingerprint density at radius 3 is 2.76 bits per heavy atom. The quantitative estimate of drug-likeness (QED) is 0.684. The summed E-state index contributed by atoms with van der Waals surface area (Å²) in [4.78, 5) is 55.4. The molecule has 9 nitrogen and oxygen atoms in total. The molecule has 2 aromatic rings. The number of nitrogens with zero attached hydrogens (tertiary/aromatic N) is 2. The van der Waals surface area contributed by atoms with E-state index in [2.05, 4.69) is 20.9 Å². The van der Waals surface area contributed by atoms with E-state index < -0.39 is 35.2 Å². The van der Waals surface area contributed by atoms with Crippen LogP contribution in [-0.2, 0) is 9.59 Å². The van der Waals surface area contributed by atoms with E-state index in [0.29, 0.717) is 10.6 Å². The number of pyridine rings is 1. The molecular weight excluding hydrogens is 394 g/mol. The van der Waals surface area contributed by atoms with Crippen LogP contribution in [0.2, 0.25) is 0 Å². The van der Waals surface area contributed by atoms with Gasteiger partial charge in [0.2, 0.25) is 5.91 Å². The lowest BCUT2D eigenvalue weighted by molar-refractivity contribution is -0.123. The monoisotopic (exact) mass is 409 g/mol. The van der Waals surface area contributed by atoms with Gasteiger partial charge in [0, 0.05) is 23.5 Å². The van der Waals surface area contributed by atoms with E-state index >= 15 is 0 Å². The molecule has 2 fully saturated rings. The van der Waals surface area contributed by atoms with Gasteiger partial charge in [-0.25, -0.2) is 14.5 Å². The van der Waals surface area contributed by atoms with Gasteiger partial charge >= 0.3 is 12.1 Å². The molecule has 0 radical (unpaired) electrons. The Morgan fingerprint density at radius 1 is 1.10 bits per heavy atom. The number of anilines is 1. The normalized spacial score (nSPS) is 26.6. The van der Waals surface area contributed by atoms with E-state index in [-0.39, 0.29) is 12.5 Å². The van der Waals surface area contributed by atoms with Crippen molar-refractivity contribution < 1.29 is 19.2 Å². The summed E-state index contributed by atoms with van der Waals surface area (Å²) in [6.45, 7) is 0.155. The average Bonchev–Trinajstić information content (AvgIpc) is 3.12. The first-order valence-electron chi connectivity index (χ1n) is 8.97. The topological polar surface area (TPSA) is 120 Å². The highest BCUT2D eigenvalue weighted by Gasteiger charge is 2.47. The van der Waals surface area contributed by atoms with Crippen LogP contribution in [0.15, 0.2) is 47.6 Å². The molecule has 5 rings (SSSR count). The van der Waals surface area contributed by atoms with Gasteiger partial charge in [-0.05, 0) is 4.91 Å². The molecule has 4 heterocycles. The van der Waals surface area contributed by atoms with E-state index in [1.54, 1.807) is 12.3 Å². The highest BCUT2D eigenvalue weighted by atomic mass is 32.2. The largest absolute Gasteiger partial charge is 0.337 e. The van der Waals surface area contributed by atoms with Crippen LogP contribution >= 0.6 is 11.8 Å². The Hall–Kier alpha value is -3.40. The average molecular weight is 409 g/mol. The molecule has 10 heteroatoms. The van der Waals surface area contributed by atoms with Crippen LogP contribution in [0, 0.1) is 5.92 Å². The summed E-state index contributed by atoms with van der Waals surface area (Å²) >= 11 is 1.24. The summed E-state index contributed by atoms with van der Waals surface area (Å²) in [5.74, 6) is -1.37. The zero-order valence-corrected chi connectivity index (χ0v) is 15.7. The first-order chi connectivity index (χ1) is 14.0. The maximum atomic E-state index is 13.2. The van der Waals surface area contributed by atoms with Gasteiger partial charge in [0.25, 0.3) is 5.91 Å². The number of hydrogen-bond acceptors (Lipinski definition) is 6. The number of rotatable bonds is 2. The third-order valence-corrected chi connectivity index (χ3v) is 6.58. The maximum Gasteiger partial charge on any atom is 0.329 e. The van der Waals surface area contributed by atoms with Crippen molar-refractivity contribution in [2.24, 2.45) is 5.92 Å². The van der Waals surface area contributed by atoms with Crippen molar-refractivity contribution in [1.82, 2.24) is 20.9 Å². The van der Waals surface area contributed by atoms with Crippen LogP contribution in [0.5, 0.6) is 0 Å². The molecule has 2 saturated heterocycles. The molecule has 3 atom stereocenters. The number of amides is 6. The number of imide groups is 2. The first kappa shape index (κ1) is 17.7. The minimum absolute atomic E-state index is 0.155. The fourth-order valence-corrected chi connectivity index (χ4v) is 5.12. The van der Waals surface area contributed by atoms with Crippen molar-refractivity contribution in [1.29, 1.82) is 0 Å². The second kappa shape index (κ2) is 6.59. The van der Waals surface area contributed by atoms with Gasteiger partial charge in [-0.3, -0.25) is 19.9 Å². The van der Waals surface area contributed by atoms with E-state index in [4.69, 9.17) is 0 Å². The lowest BCUT2D eigenvalue weighted by Gasteiger charge is -2.33. The van der Waals surface area contributed by atoms with Gasteiger partial charge in [-0.15, -0.1) is 11.8 Å². The van der Waals surface area contributed by atoms with Crippen LogP contribution in [0.4, 0.5) is 15.3 Å². The molecule has 0 aliphatic carbocycles. The molecule has 0 spiro atoms. The van der Waals surface area contributed by atoms with Gasteiger partial charge < -0.3 is 10.6 Å². The molecule has 3 N–H and O–H groups in total. The third-order valence-electron chi connectivity index (χ3n) is 5.14. The Morgan fingerprint density at radius 2 is 1.93 bits per heavy atom. The number of carbonyl (C=O) groups excluding carboxylic acids is 4. The predicted octanol–water partition coefficient (Wildman–Crippen LogP) is 1.11. The highest BCUT2D eigenvalue weighted by molar-refractivity contribution is 8.04. The molecule has 3 unspecified atom stereocenters. The Balaban J connectivity index is 1.45. The summed E-state index contributed by atoms with van der Waals surface area (Å²) in [7, 11) is 0. The van der Waals surface area contributed by atoms with Gasteiger partial charge in [0.15, 0.2) is 0 Å². The first-order valence-corrected chi connectivity index (χ1v) is 9.85. The van der Waals surface area contributed by atoms with Gasteiger partial charge in [0.1, 0.15) is 5.25 Å². The molecule has 3 aliphatic heterocycles. The fourth-order valence-electron chi connectivity index (χ4n) is 3.74. The number of thioether (sulfide) groups is 1. The Labute approximate surface area is 168 Å². The van der Waals surface area contributed by atoms with E-state index in [1.165, 1.54) is 18.0 Å². The van der Waals surface area contributed by atoms with Crippen molar-refractivity contribution in [2.75, 3.05) is 11.4 Å². The van der Waals surface area contributed by atoms with Crippen LogP contribution in [0.3, 0.4) is 0 Å². The fraction of sp³-hybridized carbons (Fsp3) is 0.211. The van der Waals surface area contributed by atoms with Gasteiger partial charge in [0.05, 0.1) is 23.8 Å². The SMILES string of the molecule is O=C1NCC(C2=CC3NC(=O)N(c4cncc5ccccc45)C(=O)C3S2)C(=O)N1. The number of aromatic nitrogens is 1. The van der Waals surface area contributed by atoms with Gasteiger partial charge in [-0.2, -0.15) is 0 Å². The molecule has 146 valence electrons. The van der Waals surface area contributed by atoms with E-state index in [1.807, 2.05) is 24.3 Å². The zero-order valence-electron chi connectivity index (χ0n) is 14.9. The Kier molecular flexibility index (Phi) is 4.02. The minimum atomic E-state index is -0.591. The van der Waals surface area contributed by atoms with Crippen molar-refractivity contribution in [3.8, 4) is 0 Å². The molecule has 0 bridgehead atoms. The van der Waals surface area contributed by atoms with E-state index in [0.717, 1.165) is 15.7 Å². The second-order valence-corrected chi connectivity index (χ2v) is 8.10. The molecular formula is C19H15N5O4S. The van der Waals surface area contributed by atoms with Crippen molar-refractivity contribution in [2.45, 2.75) is 11.3 Å². The number of urea groups is 2. The number of carbonyl (C=O) groups is 4. The minimum Gasteiger partial charge on any atom is -0.337 e. The molecule has 3 aliphatic rings. The summed E-state index contributed by atoms with van der Waals surface area (Å²) in [6, 6.07) is 5.81. The highest BCUT2D eigenvalue weighted by Crippen LogP contribution is 2.41. The number of hydrogen-bond donors (Lipinski definition) is 3. The summed E-state index contributed by atoms with van der Waals surface area (Å²) in [5, 5.41) is 8.62. The third kappa shape index (κ3) is 2.83. The number of nitrogens with one attached hydrogen (secondary N) is 3. The number of benzene rings is 1. The van der Waals surface area contributed by atoms with Crippen LogP contribution < -0.4 is 20.9 Å². The van der Waals surface area contributed by atoms with Gasteiger partial charge in [-0.1, -0.05) is 30.3 Å². The summed E-state index contributed by atoms with van der Waals surface area (Å²) < 4.78 is 0. The molecule has 29 heavy (non-hydrogen) atoms. The standard InChI is InChI=1S/C19H15N5O4S/c25-16-11(7-21-18(27)23-16)14-5-12-15(29-14)17(26)24(19(28)22-12)13-8-20-6-9-3-1-2-4-10(9)13/h1-6,8,11-12,15H,7H2,(H,22,28)(H2,21,23,25,27). The molecule has 1 aromatic heterocycles. The maximum absolute atomic E-state index is 13.2. The lowest BCUT2D eigenvalue weighted by atomic mass is 10.0. The van der Waals surface area contributed by atoms with Crippen molar-refractivity contribution in [3.05, 3.63) is 47.6 Å². The van der Waals surface area contributed by atoms with Crippen molar-refractivity contribution in [3.63, 3.8) is 0 Å². The van der Waals surface area contributed by atoms with Crippen LogP contribution in [-0.4, -0.2) is 46.7 Å². The molecule has 1 aromatic carbocycles. The second-order valence-electron chi connectivity index (χ2n) is 6.89. The van der Waals surface area contributed by atoms with E-state index in [9.17, 15) is 19.2 Å². The predicted molar refractivity (Wildman–Crippen MR) is 106 cm³/mol. The lowest BCUT2D eigenvalue weighted by Crippen LogP contribution is -2.60. The van der Waals surface area contributed by atoms with Crippen LogP contribution in [0.1, 0.15) is 0 Å². The number of fused-ring (bicyclic) bond motifs is 2. The summed E-state index contributed by atoms with van der Waals surface area (Å²) in [5.41, 5.74) is 0.417. The smallest absolute Gasteiger partial charge is 0.329 e. The molecule has 0 saturated carbocycles.